The lowest BCUT2D eigenvalue weighted by Gasteiger charge is -2.23. The number of hydrogen-bond donors (Lipinski definition) is 4. The van der Waals surface area contributed by atoms with Crippen LogP contribution in [0.1, 0.15) is 39.3 Å². The van der Waals surface area contributed by atoms with E-state index in [1.807, 2.05) is 42.6 Å². The lowest BCUT2D eigenvalue weighted by atomic mass is 10.1. The van der Waals surface area contributed by atoms with E-state index in [0.29, 0.717) is 29.9 Å². The van der Waals surface area contributed by atoms with Gasteiger partial charge in [-0.1, -0.05) is 24.3 Å². The second-order valence-corrected chi connectivity index (χ2v) is 8.89. The average molecular weight is 497 g/mol. The molecule has 0 spiro atoms. The molecule has 0 saturated carbocycles. The van der Waals surface area contributed by atoms with Crippen molar-refractivity contribution in [2.24, 2.45) is 0 Å². The van der Waals surface area contributed by atoms with Crippen LogP contribution in [0.4, 0.5) is 5.82 Å². The zero-order chi connectivity index (χ0) is 25.6. The molecule has 0 radical (unpaired) electrons. The summed E-state index contributed by atoms with van der Waals surface area (Å²) in [5.41, 5.74) is 9.56. The van der Waals surface area contributed by atoms with E-state index in [9.17, 15) is 9.59 Å². The Morgan fingerprint density at radius 3 is 2.73 bits per heavy atom. The van der Waals surface area contributed by atoms with Crippen LogP contribution in [0.3, 0.4) is 0 Å². The fraction of sp³-hybridized carbons (Fsp3) is 0.222. The molecule has 1 aliphatic heterocycles. The average Bonchev–Trinajstić information content (AvgIpc) is 3.48. The molecule has 37 heavy (non-hydrogen) atoms. The smallest absolute Gasteiger partial charge is 0.274 e. The fourth-order valence-electron chi connectivity index (χ4n) is 4.23. The third kappa shape index (κ3) is 5.81. The molecule has 2 amide bonds. The van der Waals surface area contributed by atoms with Crippen LogP contribution in [0, 0.1) is 0 Å². The molecule has 1 atom stereocenters. The number of aromatic nitrogens is 4. The molecule has 3 heterocycles. The van der Waals surface area contributed by atoms with E-state index in [1.165, 1.54) is 6.20 Å². The van der Waals surface area contributed by atoms with Crippen LogP contribution in [0.25, 0.3) is 16.9 Å². The number of nitrogens with two attached hydrogens (primary N) is 1. The van der Waals surface area contributed by atoms with E-state index in [1.54, 1.807) is 29.1 Å². The van der Waals surface area contributed by atoms with Gasteiger partial charge in [-0.05, 0) is 55.3 Å². The topological polar surface area (TPSA) is 140 Å². The molecule has 188 valence electrons. The molecule has 5 N–H and O–H groups in total. The molecule has 5 rings (SSSR count). The number of piperidine rings is 1. The Hall–Kier alpha value is -4.57. The first-order valence-electron chi connectivity index (χ1n) is 12.2. The molecule has 10 nitrogen and oxygen atoms in total. The van der Waals surface area contributed by atoms with Crippen molar-refractivity contribution < 1.29 is 9.59 Å². The maximum Gasteiger partial charge on any atom is 0.274 e. The molecule has 1 aliphatic rings. The third-order valence-electron chi connectivity index (χ3n) is 6.23. The summed E-state index contributed by atoms with van der Waals surface area (Å²) in [6.07, 6.45) is 7.00. The second kappa shape index (κ2) is 11.0. The zero-order valence-corrected chi connectivity index (χ0v) is 20.2. The summed E-state index contributed by atoms with van der Waals surface area (Å²) in [6.45, 7) is 2.04. The molecular weight excluding hydrogens is 468 g/mol. The molecule has 0 bridgehead atoms. The number of carbonyl (C=O) groups excluding carboxylic acids is 2. The zero-order valence-electron chi connectivity index (χ0n) is 20.2. The Labute approximate surface area is 214 Å². The number of nitrogens with one attached hydrogen (secondary N) is 3. The number of anilines is 1. The second-order valence-electron chi connectivity index (χ2n) is 8.89. The largest absolute Gasteiger partial charge is 0.382 e. The van der Waals surface area contributed by atoms with Gasteiger partial charge in [0, 0.05) is 42.7 Å². The standard InChI is InChI=1S/C27H28N8O2/c28-25-24(27(37)33-21-6-2-11-29-16-21)34-23(17-30-25)19-4-1-5-20(14-19)26(36)31-15-18-7-9-22(10-8-18)35-13-3-12-32-35/h1,3-5,7-10,12-14,17,21,29H,2,6,11,15-16H2,(H2,28,30)(H,31,36)(H,33,37). The number of benzene rings is 2. The number of carbonyl (C=O) groups is 2. The van der Waals surface area contributed by atoms with Crippen LogP contribution >= 0.6 is 0 Å². The van der Waals surface area contributed by atoms with Crippen LogP contribution in [-0.4, -0.2) is 50.7 Å². The van der Waals surface area contributed by atoms with Gasteiger partial charge in [0.05, 0.1) is 17.6 Å². The predicted octanol–water partition coefficient (Wildman–Crippen LogP) is 2.32. The quantitative estimate of drug-likeness (QED) is 0.308. The number of rotatable bonds is 7. The highest BCUT2D eigenvalue weighted by Gasteiger charge is 2.20. The van der Waals surface area contributed by atoms with E-state index in [-0.39, 0.29) is 29.4 Å². The van der Waals surface area contributed by atoms with Crippen molar-refractivity contribution in [3.05, 3.63) is 90.0 Å². The number of nitrogens with zero attached hydrogens (tertiary/aromatic N) is 4. The molecule has 2 aromatic heterocycles. The summed E-state index contributed by atoms with van der Waals surface area (Å²) >= 11 is 0. The first-order chi connectivity index (χ1) is 18.1. The van der Waals surface area contributed by atoms with Gasteiger partial charge in [-0.25, -0.2) is 14.6 Å². The van der Waals surface area contributed by atoms with Gasteiger partial charge < -0.3 is 21.7 Å². The molecular formula is C27H28N8O2. The van der Waals surface area contributed by atoms with Gasteiger partial charge in [0.1, 0.15) is 0 Å². The third-order valence-corrected chi connectivity index (χ3v) is 6.23. The highest BCUT2D eigenvalue weighted by molar-refractivity contribution is 5.97. The highest BCUT2D eigenvalue weighted by atomic mass is 16.2. The lowest BCUT2D eigenvalue weighted by Crippen LogP contribution is -2.46. The predicted molar refractivity (Wildman–Crippen MR) is 140 cm³/mol. The summed E-state index contributed by atoms with van der Waals surface area (Å²) in [7, 11) is 0. The van der Waals surface area contributed by atoms with E-state index in [2.05, 4.69) is 31.0 Å². The van der Waals surface area contributed by atoms with Crippen molar-refractivity contribution in [3.63, 3.8) is 0 Å². The Morgan fingerprint density at radius 1 is 1.11 bits per heavy atom. The van der Waals surface area contributed by atoms with Crippen molar-refractivity contribution >= 4 is 17.6 Å². The summed E-state index contributed by atoms with van der Waals surface area (Å²) in [5.74, 6) is -0.505. The Kier molecular flexibility index (Phi) is 7.18. The Balaban J connectivity index is 1.25. The number of amides is 2. The summed E-state index contributed by atoms with van der Waals surface area (Å²) in [5, 5.41) is 13.4. The SMILES string of the molecule is Nc1ncc(-c2cccc(C(=O)NCc3ccc(-n4cccn4)cc3)c2)nc1C(=O)NC1CCCNC1. The minimum atomic E-state index is -0.354. The Morgan fingerprint density at radius 2 is 1.97 bits per heavy atom. The first kappa shape index (κ1) is 24.1. The molecule has 0 aliphatic carbocycles. The summed E-state index contributed by atoms with van der Waals surface area (Å²) < 4.78 is 1.77. The highest BCUT2D eigenvalue weighted by Crippen LogP contribution is 2.20. The van der Waals surface area contributed by atoms with Crippen molar-refractivity contribution in [3.8, 4) is 16.9 Å². The number of nitrogen functional groups attached to an aromatic ring is 1. The molecule has 1 saturated heterocycles. The van der Waals surface area contributed by atoms with Gasteiger partial charge in [0.25, 0.3) is 11.8 Å². The minimum Gasteiger partial charge on any atom is -0.382 e. The van der Waals surface area contributed by atoms with Crippen LogP contribution in [-0.2, 0) is 6.54 Å². The van der Waals surface area contributed by atoms with Crippen molar-refractivity contribution in [2.75, 3.05) is 18.8 Å². The van der Waals surface area contributed by atoms with Crippen molar-refractivity contribution in [1.29, 1.82) is 0 Å². The van der Waals surface area contributed by atoms with Gasteiger partial charge in [0.2, 0.25) is 0 Å². The molecule has 2 aromatic carbocycles. The van der Waals surface area contributed by atoms with Gasteiger partial charge in [-0.3, -0.25) is 9.59 Å². The summed E-state index contributed by atoms with van der Waals surface area (Å²) in [6, 6.07) is 16.7. The van der Waals surface area contributed by atoms with Crippen LogP contribution in [0.5, 0.6) is 0 Å². The molecule has 1 unspecified atom stereocenters. The van der Waals surface area contributed by atoms with Crippen LogP contribution < -0.4 is 21.7 Å². The minimum absolute atomic E-state index is 0.0277. The van der Waals surface area contributed by atoms with E-state index in [0.717, 1.165) is 30.6 Å². The monoisotopic (exact) mass is 496 g/mol. The summed E-state index contributed by atoms with van der Waals surface area (Å²) in [4.78, 5) is 34.3. The fourth-order valence-corrected chi connectivity index (χ4v) is 4.23. The van der Waals surface area contributed by atoms with Gasteiger partial charge in [-0.2, -0.15) is 5.10 Å². The van der Waals surface area contributed by atoms with Gasteiger partial charge in [-0.15, -0.1) is 0 Å². The first-order valence-corrected chi connectivity index (χ1v) is 12.2. The number of hydrogen-bond acceptors (Lipinski definition) is 7. The van der Waals surface area contributed by atoms with Crippen LogP contribution in [0.2, 0.25) is 0 Å². The van der Waals surface area contributed by atoms with Crippen molar-refractivity contribution in [1.82, 2.24) is 35.7 Å². The molecule has 1 fully saturated rings. The van der Waals surface area contributed by atoms with Crippen LogP contribution in [0.15, 0.2) is 73.2 Å². The Bertz CT molecular complexity index is 1380. The maximum atomic E-state index is 12.9. The van der Waals surface area contributed by atoms with Gasteiger partial charge in [0.15, 0.2) is 11.5 Å². The molecule has 4 aromatic rings. The van der Waals surface area contributed by atoms with Gasteiger partial charge >= 0.3 is 0 Å². The van der Waals surface area contributed by atoms with Crippen molar-refractivity contribution in [2.45, 2.75) is 25.4 Å². The lowest BCUT2D eigenvalue weighted by molar-refractivity contribution is 0.0923. The maximum absolute atomic E-state index is 12.9. The van der Waals surface area contributed by atoms with E-state index >= 15 is 0 Å². The van der Waals surface area contributed by atoms with E-state index < -0.39 is 0 Å². The molecule has 10 heteroatoms. The normalized spacial score (nSPS) is 15.2. The van der Waals surface area contributed by atoms with E-state index in [4.69, 9.17) is 5.73 Å².